The van der Waals surface area contributed by atoms with E-state index in [9.17, 15) is 9.13 Å². The maximum Gasteiger partial charge on any atom is 0.471 e. The Labute approximate surface area is 91.3 Å². The molecule has 0 radical (unpaired) electrons. The van der Waals surface area contributed by atoms with Gasteiger partial charge >= 0.3 is 15.6 Å². The fourth-order valence-electron chi connectivity index (χ4n) is 0.560. The molecule has 0 saturated heterocycles. The number of phosphoric acid groups is 1. The molecule has 0 aliphatic heterocycles. The van der Waals surface area contributed by atoms with Gasteiger partial charge in [-0.3, -0.25) is 19.1 Å². The van der Waals surface area contributed by atoms with Gasteiger partial charge in [-0.05, 0) is 0 Å². The molecule has 96 valence electrons. The number of aliphatic imine (C=N–C) groups is 1. The number of hydrogen-bond donors (Lipinski definition) is 5. The van der Waals surface area contributed by atoms with E-state index in [1.807, 2.05) is 0 Å². The Hall–Kier alpha value is -0.470. The summed E-state index contributed by atoms with van der Waals surface area (Å²) in [5.41, 5.74) is 5.07. The molecule has 1 unspecified atom stereocenters. The number of nitrogens with two attached hydrogens (primary N) is 1. The highest BCUT2D eigenvalue weighted by Crippen LogP contribution is 2.41. The maximum absolute atomic E-state index is 10.7. The second-order valence-electron chi connectivity index (χ2n) is 2.41. The summed E-state index contributed by atoms with van der Waals surface area (Å²) in [6.45, 7) is -0.447. The minimum atomic E-state index is -4.48. The average Bonchev–Trinajstić information content (AvgIpc) is 2.10. The van der Waals surface area contributed by atoms with Crippen LogP contribution in [0, 0.1) is 0 Å². The van der Waals surface area contributed by atoms with E-state index in [2.05, 4.69) is 14.0 Å². The molecule has 0 amide bonds. The Kier molecular flexibility index (Phi) is 6.13. The van der Waals surface area contributed by atoms with Crippen LogP contribution in [0.25, 0.3) is 0 Å². The lowest BCUT2D eigenvalue weighted by atomic mass is 10.7. The van der Waals surface area contributed by atoms with Crippen molar-refractivity contribution in [3.63, 3.8) is 0 Å². The normalized spacial score (nSPS) is 16.9. The standard InChI is InChI=1S/C4H13N3O7P2/c1-13-16(11,12)14-3-2-6-4(5)7-15(8,9)10/h2-3H2,1H3,(H,11,12)(H5,5,6,7,8,9,10). The summed E-state index contributed by atoms with van der Waals surface area (Å²) in [6.07, 6.45) is 0. The molecule has 10 nitrogen and oxygen atoms in total. The van der Waals surface area contributed by atoms with Crippen LogP contribution in [-0.2, 0) is 18.2 Å². The molecule has 0 aliphatic carbocycles. The molecule has 16 heavy (non-hydrogen) atoms. The molecule has 1 atom stereocenters. The van der Waals surface area contributed by atoms with Crippen LogP contribution in [0.2, 0.25) is 0 Å². The fourth-order valence-corrected chi connectivity index (χ4v) is 1.35. The van der Waals surface area contributed by atoms with Crippen molar-refractivity contribution in [2.75, 3.05) is 20.3 Å². The van der Waals surface area contributed by atoms with Crippen LogP contribution in [-0.4, -0.2) is 40.9 Å². The van der Waals surface area contributed by atoms with Gasteiger partial charge in [0.15, 0.2) is 5.96 Å². The molecule has 0 rings (SSSR count). The summed E-state index contributed by atoms with van der Waals surface area (Å²) >= 11 is 0. The lowest BCUT2D eigenvalue weighted by Crippen LogP contribution is -2.29. The van der Waals surface area contributed by atoms with Gasteiger partial charge in [-0.25, -0.2) is 9.13 Å². The first kappa shape index (κ1) is 15.5. The third-order valence-electron chi connectivity index (χ3n) is 1.12. The molecule has 0 aliphatic rings. The van der Waals surface area contributed by atoms with Crippen molar-refractivity contribution in [3.05, 3.63) is 0 Å². The summed E-state index contributed by atoms with van der Waals surface area (Å²) in [6, 6.07) is 0. The third kappa shape index (κ3) is 8.81. The molecule has 0 fully saturated rings. The number of hydrogen-bond acceptors (Lipinski definition) is 5. The van der Waals surface area contributed by atoms with Crippen LogP contribution in [0.3, 0.4) is 0 Å². The van der Waals surface area contributed by atoms with Gasteiger partial charge in [0.2, 0.25) is 0 Å². The van der Waals surface area contributed by atoms with Crippen LogP contribution in [0.1, 0.15) is 0 Å². The quantitative estimate of drug-likeness (QED) is 0.172. The van der Waals surface area contributed by atoms with Gasteiger partial charge < -0.3 is 20.4 Å². The van der Waals surface area contributed by atoms with E-state index in [4.69, 9.17) is 20.4 Å². The number of phosphoric ester groups is 1. The van der Waals surface area contributed by atoms with Gasteiger partial charge in [0.25, 0.3) is 0 Å². The van der Waals surface area contributed by atoms with Crippen LogP contribution in [0.5, 0.6) is 0 Å². The van der Waals surface area contributed by atoms with E-state index in [0.717, 1.165) is 7.11 Å². The summed E-state index contributed by atoms with van der Waals surface area (Å²) in [5, 5.41) is 1.61. The first-order chi connectivity index (χ1) is 7.16. The first-order valence-electron chi connectivity index (χ1n) is 3.83. The molecule has 0 aromatic rings. The molecule has 0 heterocycles. The number of rotatable bonds is 6. The van der Waals surface area contributed by atoms with Gasteiger partial charge in [0, 0.05) is 7.11 Å². The Morgan fingerprint density at radius 3 is 2.44 bits per heavy atom. The topological polar surface area (TPSA) is 164 Å². The smallest absolute Gasteiger partial charge is 0.370 e. The van der Waals surface area contributed by atoms with Crippen molar-refractivity contribution in [2.45, 2.75) is 0 Å². The molecule has 6 N–H and O–H groups in total. The first-order valence-corrected chi connectivity index (χ1v) is 6.94. The predicted molar refractivity (Wildman–Crippen MR) is 54.5 cm³/mol. The number of nitrogens with zero attached hydrogens (tertiary/aromatic N) is 1. The van der Waals surface area contributed by atoms with Gasteiger partial charge in [0.1, 0.15) is 0 Å². The van der Waals surface area contributed by atoms with Crippen molar-refractivity contribution in [1.82, 2.24) is 5.09 Å². The van der Waals surface area contributed by atoms with Gasteiger partial charge in [-0.15, -0.1) is 0 Å². The zero-order valence-corrected chi connectivity index (χ0v) is 10.1. The Balaban J connectivity index is 3.93. The Bertz CT molecular complexity index is 339. The van der Waals surface area contributed by atoms with Crippen LogP contribution in [0.15, 0.2) is 4.99 Å². The van der Waals surface area contributed by atoms with E-state index in [1.165, 1.54) is 0 Å². The molecule has 0 aromatic heterocycles. The van der Waals surface area contributed by atoms with Crippen LogP contribution < -0.4 is 10.8 Å². The SMILES string of the molecule is COP(=O)(O)OCCN=C(N)NP(=O)(O)O. The summed E-state index contributed by atoms with van der Waals surface area (Å²) < 4.78 is 29.6. The van der Waals surface area contributed by atoms with Crippen LogP contribution >= 0.6 is 15.6 Å². The highest BCUT2D eigenvalue weighted by atomic mass is 31.2. The number of nitrogens with one attached hydrogen (secondary N) is 1. The van der Waals surface area contributed by atoms with Crippen LogP contribution in [0.4, 0.5) is 0 Å². The Morgan fingerprint density at radius 1 is 1.44 bits per heavy atom. The van der Waals surface area contributed by atoms with Crippen molar-refractivity contribution < 1.29 is 32.9 Å². The lowest BCUT2D eigenvalue weighted by molar-refractivity contribution is 0.177. The van der Waals surface area contributed by atoms with Crippen molar-refractivity contribution >= 4 is 21.5 Å². The predicted octanol–water partition coefficient (Wildman–Crippen LogP) is -1.25. The second-order valence-corrected chi connectivity index (χ2v) is 5.28. The molecule has 0 bridgehead atoms. The molecule has 0 spiro atoms. The lowest BCUT2D eigenvalue weighted by Gasteiger charge is -2.08. The summed E-state index contributed by atoms with van der Waals surface area (Å²) in [4.78, 5) is 29.0. The molecule has 12 heteroatoms. The summed E-state index contributed by atoms with van der Waals surface area (Å²) in [7, 11) is -7.55. The highest BCUT2D eigenvalue weighted by molar-refractivity contribution is 7.50. The maximum atomic E-state index is 10.7. The molecule has 0 saturated carbocycles. The highest BCUT2D eigenvalue weighted by Gasteiger charge is 2.17. The molecular weight excluding hydrogens is 264 g/mol. The minimum Gasteiger partial charge on any atom is -0.370 e. The molecule has 0 aromatic carbocycles. The zero-order chi connectivity index (χ0) is 12.8. The van der Waals surface area contributed by atoms with Gasteiger partial charge in [-0.1, -0.05) is 0 Å². The molecular formula is C4H13N3O7P2. The monoisotopic (exact) mass is 277 g/mol. The third-order valence-corrected chi connectivity index (χ3v) is 2.61. The largest absolute Gasteiger partial charge is 0.471 e. The second kappa shape index (κ2) is 6.31. The van der Waals surface area contributed by atoms with Crippen molar-refractivity contribution in [1.29, 1.82) is 0 Å². The minimum absolute atomic E-state index is 0.160. The average molecular weight is 277 g/mol. The number of guanidine groups is 1. The van der Waals surface area contributed by atoms with Gasteiger partial charge in [0.05, 0.1) is 13.2 Å². The summed E-state index contributed by atoms with van der Waals surface area (Å²) in [5.74, 6) is -0.498. The van der Waals surface area contributed by atoms with E-state index in [-0.39, 0.29) is 13.2 Å². The van der Waals surface area contributed by atoms with Crippen molar-refractivity contribution in [3.8, 4) is 0 Å². The fraction of sp³-hybridized carbons (Fsp3) is 0.750. The zero-order valence-electron chi connectivity index (χ0n) is 8.31. The van der Waals surface area contributed by atoms with Crippen molar-refractivity contribution in [2.24, 2.45) is 10.7 Å². The van der Waals surface area contributed by atoms with E-state index in [1.54, 1.807) is 5.09 Å². The van der Waals surface area contributed by atoms with E-state index >= 15 is 0 Å². The van der Waals surface area contributed by atoms with Gasteiger partial charge in [-0.2, -0.15) is 0 Å². The Morgan fingerprint density at radius 2 is 2.00 bits per heavy atom. The van der Waals surface area contributed by atoms with E-state index < -0.39 is 21.5 Å². The van der Waals surface area contributed by atoms with E-state index in [0.29, 0.717) is 0 Å².